The van der Waals surface area contributed by atoms with E-state index in [-0.39, 0.29) is 36.1 Å². The topological polar surface area (TPSA) is 150 Å². The Bertz CT molecular complexity index is 1170. The van der Waals surface area contributed by atoms with Crippen LogP contribution in [-0.2, 0) is 13.1 Å². The van der Waals surface area contributed by atoms with E-state index >= 15 is 0 Å². The molecule has 0 saturated carbocycles. The number of non-ortho nitro benzene ring substituents is 1. The highest BCUT2D eigenvalue weighted by atomic mass is 16.6. The highest BCUT2D eigenvalue weighted by Crippen LogP contribution is 2.21. The first-order chi connectivity index (χ1) is 12.9. The van der Waals surface area contributed by atoms with E-state index in [1.54, 1.807) is 13.0 Å². The summed E-state index contributed by atoms with van der Waals surface area (Å²) >= 11 is 0. The molecule has 0 bridgehead atoms. The number of aryl methyl sites for hydroxylation is 1. The number of aromatic nitrogens is 4. The second-order valence-electron chi connectivity index (χ2n) is 5.42. The number of benzene rings is 1. The quantitative estimate of drug-likeness (QED) is 0.476. The molecule has 3 aromatic rings. The van der Waals surface area contributed by atoms with Gasteiger partial charge in [0.25, 0.3) is 11.2 Å². The van der Waals surface area contributed by atoms with Crippen molar-refractivity contribution in [2.75, 3.05) is 0 Å². The molecule has 3 rings (SSSR count). The fraction of sp³-hybridized carbons (Fsp3) is 0.188. The highest BCUT2D eigenvalue weighted by molar-refractivity contribution is 5.55. The van der Waals surface area contributed by atoms with Crippen molar-refractivity contribution in [2.45, 2.75) is 20.0 Å². The number of rotatable bonds is 5. The maximum absolute atomic E-state index is 12.3. The van der Waals surface area contributed by atoms with E-state index in [0.29, 0.717) is 5.56 Å². The van der Waals surface area contributed by atoms with Crippen molar-refractivity contribution >= 4 is 5.69 Å². The van der Waals surface area contributed by atoms with Gasteiger partial charge >= 0.3 is 5.69 Å². The number of nitrogens with zero attached hydrogens (tertiary/aromatic N) is 6. The Morgan fingerprint density at radius 2 is 1.96 bits per heavy atom. The summed E-state index contributed by atoms with van der Waals surface area (Å²) in [6.07, 6.45) is 1.21. The van der Waals surface area contributed by atoms with Gasteiger partial charge in [-0.1, -0.05) is 0 Å². The van der Waals surface area contributed by atoms with Crippen LogP contribution in [0.25, 0.3) is 11.5 Å². The first kappa shape index (κ1) is 17.7. The first-order valence-corrected chi connectivity index (χ1v) is 7.76. The van der Waals surface area contributed by atoms with E-state index in [0.717, 1.165) is 4.57 Å². The Balaban J connectivity index is 1.95. The molecule has 0 fully saturated rings. The van der Waals surface area contributed by atoms with Gasteiger partial charge in [-0.2, -0.15) is 5.26 Å². The Kier molecular flexibility index (Phi) is 4.63. The van der Waals surface area contributed by atoms with Crippen LogP contribution in [-0.4, -0.2) is 24.3 Å². The van der Waals surface area contributed by atoms with E-state index < -0.39 is 16.2 Å². The van der Waals surface area contributed by atoms with Crippen molar-refractivity contribution in [1.29, 1.82) is 5.26 Å². The largest absolute Gasteiger partial charge is 0.419 e. The summed E-state index contributed by atoms with van der Waals surface area (Å²) < 4.78 is 7.52. The molecule has 2 aromatic heterocycles. The third kappa shape index (κ3) is 3.36. The van der Waals surface area contributed by atoms with Crippen LogP contribution < -0.4 is 11.2 Å². The standard InChI is InChI=1S/C16H12N6O5/c1-2-20-8-11(7-17)15(23)21(16(20)24)9-13-18-19-14(27-13)10-3-5-12(6-4-10)22(25)26/h3-6,8H,2,9H2,1H3. The molecule has 136 valence electrons. The lowest BCUT2D eigenvalue weighted by atomic mass is 10.2. The fourth-order valence-electron chi connectivity index (χ4n) is 2.39. The molecule has 0 N–H and O–H groups in total. The van der Waals surface area contributed by atoms with E-state index in [1.165, 1.54) is 35.0 Å². The zero-order valence-electron chi connectivity index (χ0n) is 14.0. The Labute approximate surface area is 150 Å². The van der Waals surface area contributed by atoms with Gasteiger partial charge in [-0.05, 0) is 19.1 Å². The predicted octanol–water partition coefficient (Wildman–Crippen LogP) is 0.908. The molecule has 11 heteroatoms. The van der Waals surface area contributed by atoms with Crippen LogP contribution in [0.3, 0.4) is 0 Å². The second-order valence-corrected chi connectivity index (χ2v) is 5.42. The van der Waals surface area contributed by atoms with Gasteiger partial charge in [0.05, 0.1) is 4.92 Å². The van der Waals surface area contributed by atoms with Gasteiger partial charge in [-0.15, -0.1) is 10.2 Å². The lowest BCUT2D eigenvalue weighted by Crippen LogP contribution is -2.41. The molecule has 0 saturated heterocycles. The average molecular weight is 368 g/mol. The van der Waals surface area contributed by atoms with Crippen LogP contribution in [0, 0.1) is 21.4 Å². The molecule has 0 aliphatic heterocycles. The monoisotopic (exact) mass is 368 g/mol. The van der Waals surface area contributed by atoms with Crippen molar-refractivity contribution in [3.8, 4) is 17.5 Å². The summed E-state index contributed by atoms with van der Waals surface area (Å²) in [6, 6.07) is 7.23. The second kappa shape index (κ2) is 7.04. The van der Waals surface area contributed by atoms with Gasteiger partial charge in [0.1, 0.15) is 18.2 Å². The van der Waals surface area contributed by atoms with Crippen LogP contribution in [0.5, 0.6) is 0 Å². The molecule has 0 aliphatic carbocycles. The highest BCUT2D eigenvalue weighted by Gasteiger charge is 2.15. The van der Waals surface area contributed by atoms with Crippen molar-refractivity contribution in [1.82, 2.24) is 19.3 Å². The third-order valence-corrected chi connectivity index (χ3v) is 3.78. The zero-order chi connectivity index (χ0) is 19.6. The SMILES string of the molecule is CCn1cc(C#N)c(=O)n(Cc2nnc(-c3ccc([N+](=O)[O-])cc3)o2)c1=O. The van der Waals surface area contributed by atoms with Gasteiger partial charge < -0.3 is 4.42 Å². The summed E-state index contributed by atoms with van der Waals surface area (Å²) in [5.74, 6) is 0.0699. The molecule has 0 unspecified atom stereocenters. The molecule has 27 heavy (non-hydrogen) atoms. The van der Waals surface area contributed by atoms with Crippen LogP contribution in [0.2, 0.25) is 0 Å². The maximum Gasteiger partial charge on any atom is 0.331 e. The predicted molar refractivity (Wildman–Crippen MR) is 90.8 cm³/mol. The number of nitro groups is 1. The van der Waals surface area contributed by atoms with E-state index in [1.807, 2.05) is 0 Å². The summed E-state index contributed by atoms with van der Waals surface area (Å²) in [4.78, 5) is 34.7. The van der Waals surface area contributed by atoms with Crippen molar-refractivity contribution < 1.29 is 9.34 Å². The lowest BCUT2D eigenvalue weighted by molar-refractivity contribution is -0.384. The smallest absolute Gasteiger partial charge is 0.331 e. The molecular formula is C16H12N6O5. The Morgan fingerprint density at radius 1 is 1.26 bits per heavy atom. The van der Waals surface area contributed by atoms with Crippen molar-refractivity contribution in [3.63, 3.8) is 0 Å². The van der Waals surface area contributed by atoms with E-state index in [4.69, 9.17) is 9.68 Å². The molecule has 0 spiro atoms. The van der Waals surface area contributed by atoms with Gasteiger partial charge in [0.2, 0.25) is 11.8 Å². The lowest BCUT2D eigenvalue weighted by Gasteiger charge is -2.07. The molecule has 0 amide bonds. The number of hydrogen-bond donors (Lipinski definition) is 0. The van der Waals surface area contributed by atoms with Gasteiger partial charge in [0, 0.05) is 30.4 Å². The van der Waals surface area contributed by atoms with E-state index in [2.05, 4.69) is 10.2 Å². The normalized spacial score (nSPS) is 10.5. The minimum Gasteiger partial charge on any atom is -0.419 e. The molecular weight excluding hydrogens is 356 g/mol. The summed E-state index contributed by atoms with van der Waals surface area (Å²) in [5, 5.41) is 27.4. The molecule has 2 heterocycles. The molecule has 0 atom stereocenters. The third-order valence-electron chi connectivity index (χ3n) is 3.78. The van der Waals surface area contributed by atoms with Crippen LogP contribution in [0.1, 0.15) is 18.4 Å². The van der Waals surface area contributed by atoms with Gasteiger partial charge in [0.15, 0.2) is 0 Å². The summed E-state index contributed by atoms with van der Waals surface area (Å²) in [7, 11) is 0. The first-order valence-electron chi connectivity index (χ1n) is 7.76. The van der Waals surface area contributed by atoms with Gasteiger partial charge in [-0.25, -0.2) is 9.36 Å². The fourth-order valence-corrected chi connectivity index (χ4v) is 2.39. The Morgan fingerprint density at radius 3 is 2.56 bits per heavy atom. The van der Waals surface area contributed by atoms with Crippen molar-refractivity contribution in [3.05, 3.63) is 72.9 Å². The zero-order valence-corrected chi connectivity index (χ0v) is 14.0. The van der Waals surface area contributed by atoms with E-state index in [9.17, 15) is 19.7 Å². The molecule has 0 radical (unpaired) electrons. The Hall–Kier alpha value is -4.07. The molecule has 11 nitrogen and oxygen atoms in total. The maximum atomic E-state index is 12.3. The van der Waals surface area contributed by atoms with Gasteiger partial charge in [-0.3, -0.25) is 19.5 Å². The number of nitriles is 1. The minimum absolute atomic E-state index is 0.0136. The minimum atomic E-state index is -0.748. The summed E-state index contributed by atoms with van der Waals surface area (Å²) in [6.45, 7) is 1.69. The molecule has 0 aliphatic rings. The number of nitro benzene ring substituents is 1. The van der Waals surface area contributed by atoms with Crippen LogP contribution in [0.15, 0.2) is 44.5 Å². The molecule has 1 aromatic carbocycles. The van der Waals surface area contributed by atoms with Crippen LogP contribution in [0.4, 0.5) is 5.69 Å². The van der Waals surface area contributed by atoms with Crippen LogP contribution >= 0.6 is 0 Å². The van der Waals surface area contributed by atoms with Crippen molar-refractivity contribution in [2.24, 2.45) is 0 Å². The summed E-state index contributed by atoms with van der Waals surface area (Å²) in [5.41, 5.74) is -1.16. The number of hydrogen-bond acceptors (Lipinski definition) is 8. The average Bonchev–Trinajstić information content (AvgIpc) is 3.14.